The number of nitrogens with zero attached hydrogens (tertiary/aromatic N) is 4. The van der Waals surface area contributed by atoms with E-state index < -0.39 is 7.60 Å². The molecule has 12 heteroatoms. The van der Waals surface area contributed by atoms with Gasteiger partial charge in [-0.05, 0) is 87.4 Å². The van der Waals surface area contributed by atoms with E-state index in [0.29, 0.717) is 36.5 Å². The highest BCUT2D eigenvalue weighted by molar-refractivity contribution is 7.60. The van der Waals surface area contributed by atoms with Crippen LogP contribution in [0.3, 0.4) is 0 Å². The smallest absolute Gasteiger partial charge is 0.356 e. The molecule has 3 heterocycles. The maximum Gasteiger partial charge on any atom is 0.356 e. The molecule has 6 rings (SSSR count). The number of likely N-dealkylation sites (tertiary alicyclic amines) is 1. The average molecular weight is 568 g/mol. The second-order valence-electron chi connectivity index (χ2n) is 11.0. The number of urea groups is 1. The second kappa shape index (κ2) is 10.3. The van der Waals surface area contributed by atoms with Gasteiger partial charge in [0.25, 0.3) is 5.89 Å². The van der Waals surface area contributed by atoms with E-state index in [4.69, 9.17) is 9.26 Å². The number of rotatable bonds is 8. The molecule has 1 aromatic heterocycles. The van der Waals surface area contributed by atoms with Crippen LogP contribution in [-0.4, -0.2) is 62.6 Å². The first-order chi connectivity index (χ1) is 19.1. The number of aryl methyl sites for hydroxylation is 1. The van der Waals surface area contributed by atoms with Crippen LogP contribution < -0.4 is 20.3 Å². The summed E-state index contributed by atoms with van der Waals surface area (Å²) in [6.45, 7) is 7.25. The molecule has 0 unspecified atom stereocenters. The van der Waals surface area contributed by atoms with Gasteiger partial charge in [-0.2, -0.15) is 4.98 Å². The van der Waals surface area contributed by atoms with Crippen LogP contribution in [0.4, 0.5) is 10.5 Å². The Bertz CT molecular complexity index is 1460. The third-order valence-corrected chi connectivity index (χ3v) is 9.06. The van der Waals surface area contributed by atoms with E-state index in [1.54, 1.807) is 17.0 Å². The van der Waals surface area contributed by atoms with Crippen molar-refractivity contribution in [3.8, 4) is 17.2 Å². The van der Waals surface area contributed by atoms with Gasteiger partial charge in [0.05, 0.1) is 24.0 Å². The van der Waals surface area contributed by atoms with Crippen molar-refractivity contribution in [1.29, 1.82) is 0 Å². The lowest BCUT2D eigenvalue weighted by molar-refractivity contribution is 0.149. The molecule has 3 aromatic rings. The molecule has 40 heavy (non-hydrogen) atoms. The minimum Gasteiger partial charge on any atom is -0.494 e. The van der Waals surface area contributed by atoms with Crippen LogP contribution in [0.2, 0.25) is 0 Å². The number of aromatic nitrogens is 2. The highest BCUT2D eigenvalue weighted by Gasteiger charge is 2.45. The van der Waals surface area contributed by atoms with Crippen LogP contribution in [0.25, 0.3) is 11.5 Å². The lowest BCUT2D eigenvalue weighted by Gasteiger charge is -2.39. The molecule has 0 radical (unpaired) electrons. The lowest BCUT2D eigenvalue weighted by Crippen LogP contribution is -2.52. The van der Waals surface area contributed by atoms with E-state index in [1.807, 2.05) is 13.8 Å². The number of amides is 2. The maximum atomic E-state index is 12.9. The van der Waals surface area contributed by atoms with Crippen LogP contribution in [0.5, 0.6) is 5.75 Å². The zero-order valence-corrected chi connectivity index (χ0v) is 23.6. The minimum atomic E-state index is -4.33. The van der Waals surface area contributed by atoms with E-state index >= 15 is 0 Å². The number of hydrogen-bond donors (Lipinski definition) is 3. The van der Waals surface area contributed by atoms with Crippen molar-refractivity contribution in [3.63, 3.8) is 0 Å². The summed E-state index contributed by atoms with van der Waals surface area (Å²) in [5.41, 5.74) is 3.62. The van der Waals surface area contributed by atoms with Crippen LogP contribution in [-0.2, 0) is 11.1 Å². The normalized spacial score (nSPS) is 19.3. The van der Waals surface area contributed by atoms with Crippen molar-refractivity contribution < 1.29 is 28.4 Å². The predicted molar refractivity (Wildman–Crippen MR) is 149 cm³/mol. The van der Waals surface area contributed by atoms with Crippen molar-refractivity contribution in [2.75, 3.05) is 31.1 Å². The lowest BCUT2D eigenvalue weighted by atomic mass is 9.88. The summed E-state index contributed by atoms with van der Waals surface area (Å²) in [7, 11) is -4.33. The van der Waals surface area contributed by atoms with Crippen LogP contribution in [0.15, 0.2) is 40.9 Å². The Kier molecular flexibility index (Phi) is 6.94. The number of nitrogens with one attached hydrogen (secondary N) is 1. The summed E-state index contributed by atoms with van der Waals surface area (Å²) in [5, 5.41) is 7.12. The molecule has 2 aliphatic heterocycles. The highest BCUT2D eigenvalue weighted by atomic mass is 31.2. The van der Waals surface area contributed by atoms with Gasteiger partial charge in [-0.1, -0.05) is 5.16 Å². The highest BCUT2D eigenvalue weighted by Crippen LogP contribution is 2.46. The molecule has 0 atom stereocenters. The van der Waals surface area contributed by atoms with Crippen molar-refractivity contribution in [2.45, 2.75) is 57.5 Å². The van der Waals surface area contributed by atoms with Crippen molar-refractivity contribution in [3.05, 3.63) is 53.3 Å². The molecule has 212 valence electrons. The third kappa shape index (κ3) is 5.39. The Hall–Kier alpha value is -3.24. The molecule has 3 fully saturated rings. The average Bonchev–Trinajstić information content (AvgIpc) is 3.60. The summed E-state index contributed by atoms with van der Waals surface area (Å²) in [6, 6.07) is 10.1. The van der Waals surface area contributed by atoms with E-state index in [1.165, 1.54) is 17.7 Å². The zero-order chi connectivity index (χ0) is 28.1. The summed E-state index contributed by atoms with van der Waals surface area (Å²) >= 11 is 0. The monoisotopic (exact) mass is 567 g/mol. The number of ether oxygens (including phenoxy) is 1. The Labute approximate surface area is 232 Å². The second-order valence-corrected chi connectivity index (χ2v) is 12.6. The quantitative estimate of drug-likeness (QED) is 0.348. The molecule has 3 N–H and O–H groups in total. The molecule has 2 aromatic carbocycles. The molecular weight excluding hydrogens is 533 g/mol. The molecule has 11 nitrogen and oxygen atoms in total. The number of benzene rings is 2. The first-order valence-corrected chi connectivity index (χ1v) is 15.3. The van der Waals surface area contributed by atoms with E-state index in [9.17, 15) is 19.1 Å². The van der Waals surface area contributed by atoms with E-state index in [-0.39, 0.29) is 16.9 Å². The third-order valence-electron chi connectivity index (χ3n) is 8.09. The van der Waals surface area contributed by atoms with Crippen LogP contribution in [0.1, 0.15) is 55.5 Å². The maximum absolute atomic E-state index is 12.9. The molecule has 0 bridgehead atoms. The fourth-order valence-corrected chi connectivity index (χ4v) is 6.33. The molecule has 2 amide bonds. The standard InChI is InChI=1S/C28H34N5O6P/c1-3-38-25-15-24(26-29-18(2)31-39-26)23(19-4-5-19)14-20(25)16-32-12-10-28(11-13-32)17-33(27(34)30-28)21-6-8-22(9-7-21)40(35,36)37/h6-9,14-15,19H,3-5,10-13,16-17H2,1-2H3,(H,30,34)(H2,35,36,37). The Morgan fingerprint density at radius 3 is 2.50 bits per heavy atom. The fraction of sp³-hybridized carbons (Fsp3) is 0.464. The van der Waals surface area contributed by atoms with Gasteiger partial charge in [0.1, 0.15) is 5.75 Å². The number of piperidine rings is 1. The molecule has 1 aliphatic carbocycles. The van der Waals surface area contributed by atoms with Crippen molar-refractivity contribution in [1.82, 2.24) is 20.4 Å². The number of anilines is 1. The summed E-state index contributed by atoms with van der Waals surface area (Å²) < 4.78 is 23.1. The van der Waals surface area contributed by atoms with Gasteiger partial charge < -0.3 is 24.4 Å². The van der Waals surface area contributed by atoms with Crippen LogP contribution >= 0.6 is 7.60 Å². The summed E-state index contributed by atoms with van der Waals surface area (Å²) in [5.74, 6) is 2.47. The fourth-order valence-electron chi connectivity index (χ4n) is 5.79. The number of carbonyl (C=O) groups excluding carboxylic acids is 1. The van der Waals surface area contributed by atoms with E-state index in [2.05, 4.69) is 32.5 Å². The van der Waals surface area contributed by atoms with E-state index in [0.717, 1.165) is 62.2 Å². The van der Waals surface area contributed by atoms with Crippen LogP contribution in [0, 0.1) is 6.92 Å². The first-order valence-electron chi connectivity index (χ1n) is 13.7. The summed E-state index contributed by atoms with van der Waals surface area (Å²) in [6.07, 6.45) is 3.90. The Morgan fingerprint density at radius 2 is 1.90 bits per heavy atom. The van der Waals surface area contributed by atoms with Gasteiger partial charge in [0.2, 0.25) is 0 Å². The minimum absolute atomic E-state index is 0.0598. The van der Waals surface area contributed by atoms with Gasteiger partial charge in [0, 0.05) is 36.4 Å². The molecule has 1 saturated carbocycles. The molecule has 1 spiro atoms. The van der Waals surface area contributed by atoms with Gasteiger partial charge in [-0.3, -0.25) is 14.4 Å². The SMILES string of the molecule is CCOc1cc(-c2nc(C)no2)c(C2CC2)cc1CN1CCC2(CC1)CN(c1ccc(P(=O)(O)O)cc1)C(=O)N2. The van der Waals surface area contributed by atoms with Gasteiger partial charge in [-0.15, -0.1) is 0 Å². The molecular formula is C28H34N5O6P. The topological polar surface area (TPSA) is 141 Å². The Morgan fingerprint density at radius 1 is 1.18 bits per heavy atom. The number of hydrogen-bond acceptors (Lipinski definition) is 7. The van der Waals surface area contributed by atoms with Crippen molar-refractivity contribution in [2.24, 2.45) is 0 Å². The molecule has 2 saturated heterocycles. The Balaban J connectivity index is 1.16. The van der Waals surface area contributed by atoms with Gasteiger partial charge in [0.15, 0.2) is 5.82 Å². The largest absolute Gasteiger partial charge is 0.494 e. The predicted octanol–water partition coefficient (Wildman–Crippen LogP) is 3.69. The number of carbonyl (C=O) groups is 1. The van der Waals surface area contributed by atoms with Gasteiger partial charge >= 0.3 is 13.6 Å². The van der Waals surface area contributed by atoms with Gasteiger partial charge in [-0.25, -0.2) is 4.79 Å². The summed E-state index contributed by atoms with van der Waals surface area (Å²) in [4.78, 5) is 40.2. The van der Waals surface area contributed by atoms with Crippen molar-refractivity contribution >= 4 is 24.6 Å². The zero-order valence-electron chi connectivity index (χ0n) is 22.7. The molecule has 3 aliphatic rings. The first kappa shape index (κ1) is 27.0.